The average Bonchev–Trinajstić information content (AvgIpc) is 3.00. The molecule has 0 spiro atoms. The standard InChI is InChI=1S/C25H30O2S/c1-18-8-10-20(11-9-18)24-17-21(19(2)26-24)7-6-16-28-23-14-12-22(13-15-23)27-25(3,4)5/h8-15,17H,6-7,16H2,1-5H3. The highest BCUT2D eigenvalue weighted by molar-refractivity contribution is 7.99. The van der Waals surface area contributed by atoms with E-state index in [1.807, 2.05) is 11.8 Å². The van der Waals surface area contributed by atoms with Crippen LogP contribution in [0.5, 0.6) is 5.75 Å². The van der Waals surface area contributed by atoms with Gasteiger partial charge >= 0.3 is 0 Å². The summed E-state index contributed by atoms with van der Waals surface area (Å²) in [6, 6.07) is 19.1. The average molecular weight is 395 g/mol. The molecule has 0 unspecified atom stereocenters. The molecule has 0 radical (unpaired) electrons. The quantitative estimate of drug-likeness (QED) is 0.306. The van der Waals surface area contributed by atoms with E-state index in [-0.39, 0.29) is 5.60 Å². The maximum atomic E-state index is 5.99. The van der Waals surface area contributed by atoms with Crippen molar-refractivity contribution in [3.8, 4) is 17.1 Å². The number of rotatable bonds is 7. The summed E-state index contributed by atoms with van der Waals surface area (Å²) in [4.78, 5) is 1.28. The summed E-state index contributed by atoms with van der Waals surface area (Å²) >= 11 is 1.89. The fourth-order valence-corrected chi connectivity index (χ4v) is 3.89. The largest absolute Gasteiger partial charge is 0.488 e. The summed E-state index contributed by atoms with van der Waals surface area (Å²) in [5, 5.41) is 0. The van der Waals surface area contributed by atoms with Crippen LogP contribution in [0.2, 0.25) is 0 Å². The van der Waals surface area contributed by atoms with Gasteiger partial charge in [0.25, 0.3) is 0 Å². The van der Waals surface area contributed by atoms with Gasteiger partial charge in [0.1, 0.15) is 22.9 Å². The fourth-order valence-electron chi connectivity index (χ4n) is 3.04. The van der Waals surface area contributed by atoms with E-state index in [1.165, 1.54) is 16.0 Å². The van der Waals surface area contributed by atoms with Gasteiger partial charge in [0.2, 0.25) is 0 Å². The SMILES string of the molecule is Cc1ccc(-c2cc(CCCSc3ccc(OC(C)(C)C)cc3)c(C)o2)cc1. The Labute approximate surface area is 173 Å². The molecule has 0 N–H and O–H groups in total. The van der Waals surface area contributed by atoms with Crippen molar-refractivity contribution in [3.05, 3.63) is 71.5 Å². The molecule has 0 amide bonds. The molecular weight excluding hydrogens is 364 g/mol. The zero-order valence-electron chi connectivity index (χ0n) is 17.5. The predicted octanol–water partition coefficient (Wildman–Crippen LogP) is 7.47. The number of thioether (sulfide) groups is 1. The molecule has 0 fully saturated rings. The fraction of sp³-hybridized carbons (Fsp3) is 0.360. The van der Waals surface area contributed by atoms with Crippen LogP contribution < -0.4 is 4.74 Å². The first kappa shape index (κ1) is 20.6. The van der Waals surface area contributed by atoms with Gasteiger partial charge in [-0.3, -0.25) is 0 Å². The Hall–Kier alpha value is -2.13. The normalized spacial score (nSPS) is 11.6. The second-order valence-corrected chi connectivity index (χ2v) is 9.36. The van der Waals surface area contributed by atoms with Gasteiger partial charge in [0.05, 0.1) is 0 Å². The topological polar surface area (TPSA) is 22.4 Å². The van der Waals surface area contributed by atoms with Crippen molar-refractivity contribution in [2.45, 2.75) is 58.0 Å². The highest BCUT2D eigenvalue weighted by atomic mass is 32.2. The molecule has 28 heavy (non-hydrogen) atoms. The smallest absolute Gasteiger partial charge is 0.134 e. The highest BCUT2D eigenvalue weighted by Crippen LogP contribution is 2.28. The van der Waals surface area contributed by atoms with Crippen LogP contribution in [0.3, 0.4) is 0 Å². The molecule has 3 heteroatoms. The molecule has 3 rings (SSSR count). The van der Waals surface area contributed by atoms with E-state index in [1.54, 1.807) is 0 Å². The van der Waals surface area contributed by atoms with Crippen molar-refractivity contribution < 1.29 is 9.15 Å². The number of benzene rings is 2. The van der Waals surface area contributed by atoms with Crippen molar-refractivity contribution in [1.82, 2.24) is 0 Å². The number of ether oxygens (including phenoxy) is 1. The minimum Gasteiger partial charge on any atom is -0.488 e. The van der Waals surface area contributed by atoms with Crippen LogP contribution in [-0.2, 0) is 6.42 Å². The van der Waals surface area contributed by atoms with Crippen LogP contribution in [-0.4, -0.2) is 11.4 Å². The number of furan rings is 1. The Bertz CT molecular complexity index is 884. The summed E-state index contributed by atoms with van der Waals surface area (Å²) in [5.74, 6) is 4.01. The van der Waals surface area contributed by atoms with Gasteiger partial charge < -0.3 is 9.15 Å². The van der Waals surface area contributed by atoms with E-state index in [0.717, 1.165) is 41.4 Å². The molecule has 2 aromatic carbocycles. The lowest BCUT2D eigenvalue weighted by Crippen LogP contribution is -2.22. The van der Waals surface area contributed by atoms with Crippen LogP contribution in [0.15, 0.2) is 63.9 Å². The van der Waals surface area contributed by atoms with Crippen molar-refractivity contribution in [1.29, 1.82) is 0 Å². The summed E-state index contributed by atoms with van der Waals surface area (Å²) in [6.45, 7) is 10.4. The van der Waals surface area contributed by atoms with E-state index in [4.69, 9.17) is 9.15 Å². The Morgan fingerprint density at radius 1 is 0.929 bits per heavy atom. The molecule has 0 aliphatic heterocycles. The van der Waals surface area contributed by atoms with Crippen molar-refractivity contribution in [3.63, 3.8) is 0 Å². The van der Waals surface area contributed by atoms with Crippen LogP contribution in [0.1, 0.15) is 44.1 Å². The van der Waals surface area contributed by atoms with Gasteiger partial charge in [-0.05, 0) is 89.1 Å². The second-order valence-electron chi connectivity index (χ2n) is 8.20. The van der Waals surface area contributed by atoms with Gasteiger partial charge in [-0.1, -0.05) is 29.8 Å². The van der Waals surface area contributed by atoms with Crippen LogP contribution in [0.4, 0.5) is 0 Å². The van der Waals surface area contributed by atoms with Gasteiger partial charge in [-0.15, -0.1) is 11.8 Å². The van der Waals surface area contributed by atoms with Crippen LogP contribution in [0, 0.1) is 13.8 Å². The zero-order valence-corrected chi connectivity index (χ0v) is 18.4. The Kier molecular flexibility index (Phi) is 6.56. The van der Waals surface area contributed by atoms with Gasteiger partial charge in [0, 0.05) is 10.5 Å². The molecule has 0 saturated carbocycles. The molecular formula is C25H30O2S. The van der Waals surface area contributed by atoms with E-state index < -0.39 is 0 Å². The monoisotopic (exact) mass is 394 g/mol. The minimum atomic E-state index is -0.158. The van der Waals surface area contributed by atoms with Crippen molar-refractivity contribution >= 4 is 11.8 Å². The Morgan fingerprint density at radius 3 is 2.25 bits per heavy atom. The molecule has 1 aromatic heterocycles. The molecule has 0 aliphatic carbocycles. The molecule has 0 aliphatic rings. The third-order valence-corrected chi connectivity index (χ3v) is 5.56. The molecule has 148 valence electrons. The van der Waals surface area contributed by atoms with Crippen molar-refractivity contribution in [2.75, 3.05) is 5.75 Å². The Balaban J connectivity index is 1.49. The lowest BCUT2D eigenvalue weighted by molar-refractivity contribution is 0.131. The van der Waals surface area contributed by atoms with E-state index >= 15 is 0 Å². The molecule has 3 aromatic rings. The molecule has 2 nitrogen and oxygen atoms in total. The summed E-state index contributed by atoms with van der Waals surface area (Å²) in [5.41, 5.74) is 3.56. The van der Waals surface area contributed by atoms with Gasteiger partial charge in [-0.25, -0.2) is 0 Å². The number of hydrogen-bond donors (Lipinski definition) is 0. The van der Waals surface area contributed by atoms with Gasteiger partial charge in [-0.2, -0.15) is 0 Å². The van der Waals surface area contributed by atoms with Crippen LogP contribution in [0.25, 0.3) is 11.3 Å². The summed E-state index contributed by atoms with van der Waals surface area (Å²) in [6.07, 6.45) is 2.16. The van der Waals surface area contributed by atoms with E-state index in [0.29, 0.717) is 0 Å². The molecule has 0 atom stereocenters. The van der Waals surface area contributed by atoms with Gasteiger partial charge in [0.15, 0.2) is 0 Å². The molecule has 1 heterocycles. The minimum absolute atomic E-state index is 0.158. The van der Waals surface area contributed by atoms with Crippen molar-refractivity contribution in [2.24, 2.45) is 0 Å². The Morgan fingerprint density at radius 2 is 1.61 bits per heavy atom. The maximum Gasteiger partial charge on any atom is 0.134 e. The first-order valence-corrected chi connectivity index (χ1v) is 10.9. The first-order chi connectivity index (χ1) is 13.3. The highest BCUT2D eigenvalue weighted by Gasteiger charge is 2.12. The zero-order chi connectivity index (χ0) is 20.1. The lowest BCUT2D eigenvalue weighted by atomic mass is 10.1. The number of hydrogen-bond acceptors (Lipinski definition) is 3. The maximum absolute atomic E-state index is 5.99. The lowest BCUT2D eigenvalue weighted by Gasteiger charge is -2.21. The molecule has 0 bridgehead atoms. The first-order valence-electron chi connectivity index (χ1n) is 9.88. The number of aryl methyl sites for hydroxylation is 3. The van der Waals surface area contributed by atoms with E-state index in [9.17, 15) is 0 Å². The summed E-state index contributed by atoms with van der Waals surface area (Å²) < 4.78 is 11.9. The summed E-state index contributed by atoms with van der Waals surface area (Å²) in [7, 11) is 0. The molecule has 0 saturated heterocycles. The van der Waals surface area contributed by atoms with E-state index in [2.05, 4.69) is 89.2 Å². The third kappa shape index (κ3) is 5.93. The third-order valence-electron chi connectivity index (χ3n) is 4.46. The van der Waals surface area contributed by atoms with Crippen LogP contribution >= 0.6 is 11.8 Å². The second kappa shape index (κ2) is 8.91. The predicted molar refractivity (Wildman–Crippen MR) is 119 cm³/mol.